The molecule has 3 nitrogen and oxygen atoms in total. The average molecular weight is 343 g/mol. The van der Waals surface area contributed by atoms with E-state index >= 15 is 0 Å². The topological polar surface area (TPSA) is 32.3 Å². The molecule has 5 heteroatoms. The van der Waals surface area contributed by atoms with Crippen molar-refractivity contribution in [2.24, 2.45) is 0 Å². The predicted octanol–water partition coefficient (Wildman–Crippen LogP) is 3.19. The molecule has 1 heterocycles. The SMILES string of the molecule is O=C(NCCN1CCCCCC1)c1ccc(F)c(Br)c1. The van der Waals surface area contributed by atoms with Crippen molar-refractivity contribution in [3.8, 4) is 0 Å². The fraction of sp³-hybridized carbons (Fsp3) is 0.533. The Morgan fingerprint density at radius 3 is 2.60 bits per heavy atom. The maximum Gasteiger partial charge on any atom is 0.251 e. The number of carbonyl (C=O) groups is 1. The lowest BCUT2D eigenvalue weighted by molar-refractivity contribution is 0.0948. The lowest BCUT2D eigenvalue weighted by Gasteiger charge is -2.19. The van der Waals surface area contributed by atoms with Crippen LogP contribution in [-0.4, -0.2) is 37.0 Å². The first-order chi connectivity index (χ1) is 9.66. The van der Waals surface area contributed by atoms with Gasteiger partial charge in [-0.2, -0.15) is 0 Å². The predicted molar refractivity (Wildman–Crippen MR) is 81.3 cm³/mol. The average Bonchev–Trinajstić information content (AvgIpc) is 2.70. The second-order valence-electron chi connectivity index (χ2n) is 5.14. The van der Waals surface area contributed by atoms with Gasteiger partial charge in [-0.1, -0.05) is 12.8 Å². The Labute approximate surface area is 127 Å². The van der Waals surface area contributed by atoms with Gasteiger partial charge in [0.1, 0.15) is 5.82 Å². The highest BCUT2D eigenvalue weighted by Gasteiger charge is 2.11. The number of carbonyl (C=O) groups excluding carboxylic acids is 1. The van der Waals surface area contributed by atoms with E-state index in [4.69, 9.17) is 0 Å². The summed E-state index contributed by atoms with van der Waals surface area (Å²) < 4.78 is 13.4. The molecule has 0 bridgehead atoms. The van der Waals surface area contributed by atoms with Crippen LogP contribution in [0.4, 0.5) is 4.39 Å². The van der Waals surface area contributed by atoms with Gasteiger partial charge < -0.3 is 10.2 Å². The maximum atomic E-state index is 13.1. The summed E-state index contributed by atoms with van der Waals surface area (Å²) in [6.07, 6.45) is 5.12. The molecule has 1 saturated heterocycles. The molecule has 0 aromatic heterocycles. The molecule has 2 rings (SSSR count). The lowest BCUT2D eigenvalue weighted by atomic mass is 10.2. The highest BCUT2D eigenvalue weighted by molar-refractivity contribution is 9.10. The smallest absolute Gasteiger partial charge is 0.251 e. The zero-order valence-corrected chi connectivity index (χ0v) is 13.1. The molecule has 0 unspecified atom stereocenters. The Hall–Kier alpha value is -0.940. The second-order valence-corrected chi connectivity index (χ2v) is 5.99. The standard InChI is InChI=1S/C15H20BrFN2O/c16-13-11-12(5-6-14(13)17)15(20)18-7-10-19-8-3-1-2-4-9-19/h5-6,11H,1-4,7-10H2,(H,18,20). The second kappa shape index (κ2) is 7.74. The summed E-state index contributed by atoms with van der Waals surface area (Å²) in [6.45, 7) is 3.76. The summed E-state index contributed by atoms with van der Waals surface area (Å²) in [6, 6.07) is 4.31. The zero-order valence-electron chi connectivity index (χ0n) is 11.5. The number of rotatable bonds is 4. The molecule has 1 aromatic carbocycles. The Bertz CT molecular complexity index is 459. The lowest BCUT2D eigenvalue weighted by Crippen LogP contribution is -2.35. The number of nitrogens with zero attached hydrogens (tertiary/aromatic N) is 1. The molecule has 1 aliphatic rings. The first-order valence-corrected chi connectivity index (χ1v) is 7.92. The molecule has 20 heavy (non-hydrogen) atoms. The van der Waals surface area contributed by atoms with Gasteiger partial charge in [-0.15, -0.1) is 0 Å². The van der Waals surface area contributed by atoms with Gasteiger partial charge in [0, 0.05) is 18.7 Å². The van der Waals surface area contributed by atoms with Crippen LogP contribution < -0.4 is 5.32 Å². The first kappa shape index (κ1) is 15.4. The molecular weight excluding hydrogens is 323 g/mol. The van der Waals surface area contributed by atoms with E-state index in [1.54, 1.807) is 0 Å². The maximum absolute atomic E-state index is 13.1. The third kappa shape index (κ3) is 4.56. The summed E-state index contributed by atoms with van der Waals surface area (Å²) in [5.41, 5.74) is 0.481. The van der Waals surface area contributed by atoms with Crippen molar-refractivity contribution in [3.05, 3.63) is 34.1 Å². The van der Waals surface area contributed by atoms with Gasteiger partial charge >= 0.3 is 0 Å². The van der Waals surface area contributed by atoms with E-state index in [-0.39, 0.29) is 11.7 Å². The van der Waals surface area contributed by atoms with Crippen LogP contribution in [0.1, 0.15) is 36.0 Å². The van der Waals surface area contributed by atoms with E-state index in [9.17, 15) is 9.18 Å². The molecule has 1 aliphatic heterocycles. The Kier molecular flexibility index (Phi) is 5.98. The third-order valence-corrected chi connectivity index (χ3v) is 4.20. The molecule has 1 amide bonds. The van der Waals surface area contributed by atoms with Crippen molar-refractivity contribution >= 4 is 21.8 Å². The molecule has 0 atom stereocenters. The van der Waals surface area contributed by atoms with E-state index in [1.165, 1.54) is 43.9 Å². The molecule has 0 aliphatic carbocycles. The van der Waals surface area contributed by atoms with Crippen LogP contribution in [0.5, 0.6) is 0 Å². The largest absolute Gasteiger partial charge is 0.351 e. The molecule has 1 fully saturated rings. The third-order valence-electron chi connectivity index (χ3n) is 3.59. The summed E-state index contributed by atoms with van der Waals surface area (Å²) in [5, 5.41) is 2.89. The van der Waals surface area contributed by atoms with Crippen LogP contribution >= 0.6 is 15.9 Å². The van der Waals surface area contributed by atoms with Crippen LogP contribution in [0.2, 0.25) is 0 Å². The van der Waals surface area contributed by atoms with E-state index in [0.29, 0.717) is 16.6 Å². The van der Waals surface area contributed by atoms with Crippen LogP contribution in [-0.2, 0) is 0 Å². The number of amides is 1. The Morgan fingerprint density at radius 2 is 1.95 bits per heavy atom. The Balaban J connectivity index is 1.78. The number of nitrogens with one attached hydrogen (secondary N) is 1. The number of halogens is 2. The van der Waals surface area contributed by atoms with Gasteiger partial charge in [-0.3, -0.25) is 4.79 Å². The van der Waals surface area contributed by atoms with Gasteiger partial charge in [0.25, 0.3) is 5.91 Å². The molecule has 0 spiro atoms. The van der Waals surface area contributed by atoms with Crippen molar-refractivity contribution in [3.63, 3.8) is 0 Å². The molecular formula is C15H20BrFN2O. The number of hydrogen-bond donors (Lipinski definition) is 1. The van der Waals surface area contributed by atoms with Crippen molar-refractivity contribution in [2.75, 3.05) is 26.2 Å². The van der Waals surface area contributed by atoms with E-state index in [2.05, 4.69) is 26.1 Å². The van der Waals surface area contributed by atoms with Crippen molar-refractivity contribution in [2.45, 2.75) is 25.7 Å². The van der Waals surface area contributed by atoms with Crippen LogP contribution in [0.3, 0.4) is 0 Å². The van der Waals surface area contributed by atoms with E-state index < -0.39 is 0 Å². The van der Waals surface area contributed by atoms with Gasteiger partial charge in [0.2, 0.25) is 0 Å². The van der Waals surface area contributed by atoms with Crippen LogP contribution in [0, 0.1) is 5.82 Å². The quantitative estimate of drug-likeness (QED) is 0.911. The first-order valence-electron chi connectivity index (χ1n) is 7.12. The fourth-order valence-corrected chi connectivity index (χ4v) is 2.81. The monoisotopic (exact) mass is 342 g/mol. The summed E-state index contributed by atoms with van der Waals surface area (Å²) in [7, 11) is 0. The minimum atomic E-state index is -0.355. The molecule has 1 N–H and O–H groups in total. The fourth-order valence-electron chi connectivity index (χ4n) is 2.43. The van der Waals surface area contributed by atoms with E-state index in [1.807, 2.05) is 0 Å². The summed E-state index contributed by atoms with van der Waals surface area (Å²) >= 11 is 3.09. The molecule has 0 radical (unpaired) electrons. The van der Waals surface area contributed by atoms with Crippen LogP contribution in [0.25, 0.3) is 0 Å². The number of benzene rings is 1. The summed E-state index contributed by atoms with van der Waals surface area (Å²) in [4.78, 5) is 14.3. The Morgan fingerprint density at radius 1 is 1.25 bits per heavy atom. The molecule has 1 aromatic rings. The normalized spacial score (nSPS) is 16.7. The zero-order chi connectivity index (χ0) is 14.4. The van der Waals surface area contributed by atoms with Gasteiger partial charge in [0.05, 0.1) is 4.47 Å². The van der Waals surface area contributed by atoms with E-state index in [0.717, 1.165) is 19.6 Å². The number of hydrogen-bond acceptors (Lipinski definition) is 2. The number of likely N-dealkylation sites (tertiary alicyclic amines) is 1. The van der Waals surface area contributed by atoms with Crippen molar-refractivity contribution in [1.82, 2.24) is 10.2 Å². The van der Waals surface area contributed by atoms with Gasteiger partial charge in [-0.05, 0) is 60.1 Å². The minimum absolute atomic E-state index is 0.152. The highest BCUT2D eigenvalue weighted by Crippen LogP contribution is 2.16. The van der Waals surface area contributed by atoms with Gasteiger partial charge in [-0.25, -0.2) is 4.39 Å². The van der Waals surface area contributed by atoms with Crippen molar-refractivity contribution < 1.29 is 9.18 Å². The molecule has 0 saturated carbocycles. The summed E-state index contributed by atoms with van der Waals surface area (Å²) in [5.74, 6) is -0.508. The van der Waals surface area contributed by atoms with Crippen molar-refractivity contribution in [1.29, 1.82) is 0 Å². The minimum Gasteiger partial charge on any atom is -0.351 e. The highest BCUT2D eigenvalue weighted by atomic mass is 79.9. The van der Waals surface area contributed by atoms with Gasteiger partial charge in [0.15, 0.2) is 0 Å². The molecule has 110 valence electrons. The van der Waals surface area contributed by atoms with Crippen LogP contribution in [0.15, 0.2) is 22.7 Å².